The number of rotatable bonds is 2. The molecule has 2 rings (SSSR count). The highest BCUT2D eigenvalue weighted by Gasteiger charge is 2.16. The summed E-state index contributed by atoms with van der Waals surface area (Å²) >= 11 is 0. The van der Waals surface area contributed by atoms with E-state index in [1.165, 1.54) is 0 Å². The summed E-state index contributed by atoms with van der Waals surface area (Å²) in [5.74, 6) is 0. The molecule has 0 atom stereocenters. The minimum atomic E-state index is -0.325. The predicted molar refractivity (Wildman–Crippen MR) is 68.0 cm³/mol. The normalized spacial score (nSPS) is 10.2. The number of hydrogen-bond donors (Lipinski definition) is 0. The number of benzene rings is 2. The third kappa shape index (κ3) is 2.18. The molecule has 0 amide bonds. The molecular weight excluding hydrogens is 214 g/mol. The highest BCUT2D eigenvalue weighted by molar-refractivity contribution is 5.76. The van der Waals surface area contributed by atoms with Crippen molar-refractivity contribution >= 4 is 5.69 Å². The van der Waals surface area contributed by atoms with E-state index in [1.54, 1.807) is 6.07 Å². The lowest BCUT2D eigenvalue weighted by molar-refractivity contribution is -0.384. The second-order valence-electron chi connectivity index (χ2n) is 4.09. The third-order valence-electron chi connectivity index (χ3n) is 2.79. The van der Waals surface area contributed by atoms with E-state index in [2.05, 4.69) is 0 Å². The van der Waals surface area contributed by atoms with Gasteiger partial charge in [0.2, 0.25) is 0 Å². The molecule has 0 N–H and O–H groups in total. The Kier molecular flexibility index (Phi) is 2.91. The zero-order valence-electron chi connectivity index (χ0n) is 9.81. The van der Waals surface area contributed by atoms with Crippen LogP contribution >= 0.6 is 0 Å². The zero-order chi connectivity index (χ0) is 12.4. The molecule has 0 heterocycles. The molecular formula is C14H13NO2. The lowest BCUT2D eigenvalue weighted by atomic mass is 9.98. The predicted octanol–water partition coefficient (Wildman–Crippen LogP) is 3.88. The number of hydrogen-bond acceptors (Lipinski definition) is 2. The molecule has 0 spiro atoms. The van der Waals surface area contributed by atoms with Gasteiger partial charge in [-0.1, -0.05) is 30.3 Å². The lowest BCUT2D eigenvalue weighted by Crippen LogP contribution is -1.94. The maximum absolute atomic E-state index is 11.1. The minimum absolute atomic E-state index is 0.166. The van der Waals surface area contributed by atoms with Gasteiger partial charge >= 0.3 is 0 Å². The molecule has 0 aliphatic heterocycles. The van der Waals surface area contributed by atoms with Crippen molar-refractivity contribution in [2.24, 2.45) is 0 Å². The topological polar surface area (TPSA) is 43.1 Å². The first kappa shape index (κ1) is 11.3. The summed E-state index contributed by atoms with van der Waals surface area (Å²) in [5, 5.41) is 11.1. The first-order valence-corrected chi connectivity index (χ1v) is 5.40. The summed E-state index contributed by atoms with van der Waals surface area (Å²) in [7, 11) is 0. The standard InChI is InChI=1S/C14H13NO2/c1-10-7-8-13(14(9-10)15(16)17)12-6-4-3-5-11(12)2/h3-9H,1-2H3. The van der Waals surface area contributed by atoms with Crippen molar-refractivity contribution in [2.45, 2.75) is 13.8 Å². The molecule has 0 radical (unpaired) electrons. The van der Waals surface area contributed by atoms with Crippen molar-refractivity contribution in [3.05, 3.63) is 63.7 Å². The van der Waals surface area contributed by atoms with Gasteiger partial charge in [0.25, 0.3) is 5.69 Å². The van der Waals surface area contributed by atoms with Crippen LogP contribution in [0.5, 0.6) is 0 Å². The van der Waals surface area contributed by atoms with E-state index in [-0.39, 0.29) is 10.6 Å². The molecule has 0 fully saturated rings. The van der Waals surface area contributed by atoms with Crippen LogP contribution in [-0.2, 0) is 0 Å². The smallest absolute Gasteiger partial charge is 0.258 e. The number of nitro benzene ring substituents is 1. The van der Waals surface area contributed by atoms with Crippen molar-refractivity contribution < 1.29 is 4.92 Å². The van der Waals surface area contributed by atoms with Crippen molar-refractivity contribution in [1.82, 2.24) is 0 Å². The van der Waals surface area contributed by atoms with Crippen LogP contribution in [-0.4, -0.2) is 4.92 Å². The Morgan fingerprint density at radius 3 is 2.35 bits per heavy atom. The number of aryl methyl sites for hydroxylation is 2. The quantitative estimate of drug-likeness (QED) is 0.577. The summed E-state index contributed by atoms with van der Waals surface area (Å²) < 4.78 is 0. The molecule has 0 saturated heterocycles. The van der Waals surface area contributed by atoms with Gasteiger partial charge in [-0.2, -0.15) is 0 Å². The Balaban J connectivity index is 2.68. The fourth-order valence-electron chi connectivity index (χ4n) is 1.90. The van der Waals surface area contributed by atoms with Crippen molar-refractivity contribution in [2.75, 3.05) is 0 Å². The fraction of sp³-hybridized carbons (Fsp3) is 0.143. The Labute approximate surface area is 99.9 Å². The van der Waals surface area contributed by atoms with E-state index in [0.717, 1.165) is 16.7 Å². The van der Waals surface area contributed by atoms with Crippen LogP contribution in [0.15, 0.2) is 42.5 Å². The first-order chi connectivity index (χ1) is 8.09. The Morgan fingerprint density at radius 2 is 1.71 bits per heavy atom. The van der Waals surface area contributed by atoms with Crippen molar-refractivity contribution in [1.29, 1.82) is 0 Å². The number of nitro groups is 1. The summed E-state index contributed by atoms with van der Waals surface area (Å²) in [6, 6.07) is 13.0. The molecule has 0 unspecified atom stereocenters. The molecule has 2 aromatic carbocycles. The average Bonchev–Trinajstić information content (AvgIpc) is 2.30. The Bertz CT molecular complexity index is 576. The summed E-state index contributed by atoms with van der Waals surface area (Å²) in [4.78, 5) is 10.7. The molecule has 3 heteroatoms. The maximum atomic E-state index is 11.1. The Hall–Kier alpha value is -2.16. The Morgan fingerprint density at radius 1 is 1.00 bits per heavy atom. The largest absolute Gasteiger partial charge is 0.277 e. The maximum Gasteiger partial charge on any atom is 0.277 e. The molecule has 0 aliphatic rings. The second kappa shape index (κ2) is 4.37. The molecule has 17 heavy (non-hydrogen) atoms. The third-order valence-corrected chi connectivity index (χ3v) is 2.79. The highest BCUT2D eigenvalue weighted by atomic mass is 16.6. The summed E-state index contributed by atoms with van der Waals surface area (Å²) in [6.07, 6.45) is 0. The molecule has 3 nitrogen and oxygen atoms in total. The van der Waals surface area contributed by atoms with Crippen LogP contribution in [0.4, 0.5) is 5.69 Å². The van der Waals surface area contributed by atoms with Crippen molar-refractivity contribution in [3.63, 3.8) is 0 Å². The molecule has 0 saturated carbocycles. The molecule has 0 aromatic heterocycles. The van der Waals surface area contributed by atoms with Crippen LogP contribution < -0.4 is 0 Å². The summed E-state index contributed by atoms with van der Waals surface area (Å²) in [5.41, 5.74) is 3.70. The average molecular weight is 227 g/mol. The molecule has 86 valence electrons. The monoisotopic (exact) mass is 227 g/mol. The van der Waals surface area contributed by atoms with Gasteiger partial charge in [-0.05, 0) is 36.6 Å². The van der Waals surface area contributed by atoms with Gasteiger partial charge in [0.1, 0.15) is 0 Å². The van der Waals surface area contributed by atoms with Gasteiger partial charge in [0, 0.05) is 6.07 Å². The summed E-state index contributed by atoms with van der Waals surface area (Å²) in [6.45, 7) is 3.81. The van der Waals surface area contributed by atoms with Gasteiger partial charge in [-0.25, -0.2) is 0 Å². The molecule has 0 aliphatic carbocycles. The van der Waals surface area contributed by atoms with Crippen LogP contribution in [0.1, 0.15) is 11.1 Å². The fourth-order valence-corrected chi connectivity index (χ4v) is 1.90. The molecule has 2 aromatic rings. The lowest BCUT2D eigenvalue weighted by Gasteiger charge is -2.07. The second-order valence-corrected chi connectivity index (χ2v) is 4.09. The van der Waals surface area contributed by atoms with E-state index < -0.39 is 0 Å². The zero-order valence-corrected chi connectivity index (χ0v) is 9.81. The first-order valence-electron chi connectivity index (χ1n) is 5.40. The van der Waals surface area contributed by atoms with E-state index in [1.807, 2.05) is 50.2 Å². The number of nitrogens with zero attached hydrogens (tertiary/aromatic N) is 1. The van der Waals surface area contributed by atoms with Gasteiger partial charge in [-0.15, -0.1) is 0 Å². The van der Waals surface area contributed by atoms with E-state index >= 15 is 0 Å². The minimum Gasteiger partial charge on any atom is -0.258 e. The van der Waals surface area contributed by atoms with Crippen LogP contribution in [0, 0.1) is 24.0 Å². The van der Waals surface area contributed by atoms with Crippen molar-refractivity contribution in [3.8, 4) is 11.1 Å². The van der Waals surface area contributed by atoms with Crippen LogP contribution in [0.25, 0.3) is 11.1 Å². The van der Waals surface area contributed by atoms with Crippen LogP contribution in [0.3, 0.4) is 0 Å². The van der Waals surface area contributed by atoms with E-state index in [0.29, 0.717) is 5.56 Å². The van der Waals surface area contributed by atoms with E-state index in [4.69, 9.17) is 0 Å². The SMILES string of the molecule is Cc1ccc(-c2ccccc2C)c([N+](=O)[O-])c1. The van der Waals surface area contributed by atoms with Crippen LogP contribution in [0.2, 0.25) is 0 Å². The highest BCUT2D eigenvalue weighted by Crippen LogP contribution is 2.32. The molecule has 0 bridgehead atoms. The van der Waals surface area contributed by atoms with Gasteiger partial charge < -0.3 is 0 Å². The van der Waals surface area contributed by atoms with Gasteiger partial charge in [-0.3, -0.25) is 10.1 Å². The van der Waals surface area contributed by atoms with Gasteiger partial charge in [0.15, 0.2) is 0 Å². The van der Waals surface area contributed by atoms with E-state index in [9.17, 15) is 10.1 Å². The van der Waals surface area contributed by atoms with Gasteiger partial charge in [0.05, 0.1) is 10.5 Å².